The van der Waals surface area contributed by atoms with E-state index in [0.717, 1.165) is 30.8 Å². The molecule has 0 aliphatic carbocycles. The first-order valence-electron chi connectivity index (χ1n) is 6.18. The highest BCUT2D eigenvalue weighted by Crippen LogP contribution is 2.14. The van der Waals surface area contributed by atoms with E-state index in [9.17, 15) is 4.79 Å². The molecule has 5 heteroatoms. The summed E-state index contributed by atoms with van der Waals surface area (Å²) in [5, 5.41) is 1.40. The zero-order chi connectivity index (χ0) is 13.0. The number of amides is 2. The topological polar surface area (TPSA) is 70.7 Å². The number of carbonyl (C=O) groups excluding carboxylic acids is 1. The Morgan fingerprint density at radius 1 is 1.50 bits per heavy atom. The number of hydrazine groups is 1. The minimum absolute atomic E-state index is 0.484. The van der Waals surface area contributed by atoms with E-state index in [4.69, 9.17) is 5.73 Å². The van der Waals surface area contributed by atoms with Gasteiger partial charge >= 0.3 is 6.03 Å². The zero-order valence-electron chi connectivity index (χ0n) is 10.5. The minimum Gasteiger partial charge on any atom is -0.350 e. The molecule has 18 heavy (non-hydrogen) atoms. The lowest BCUT2D eigenvalue weighted by Crippen LogP contribution is -2.50. The Labute approximate surface area is 107 Å². The molecule has 0 saturated heterocycles. The normalized spacial score (nSPS) is 13.5. The maximum absolute atomic E-state index is 11.3. The molecule has 1 aromatic carbocycles. The molecule has 1 aromatic rings. The molecule has 1 heterocycles. The predicted octanol–water partition coefficient (Wildman–Crippen LogP) is 1.28. The molecule has 1 aliphatic heterocycles. The van der Waals surface area contributed by atoms with Crippen LogP contribution in [0.3, 0.4) is 0 Å². The van der Waals surface area contributed by atoms with Crippen molar-refractivity contribution in [1.82, 2.24) is 10.4 Å². The highest BCUT2D eigenvalue weighted by molar-refractivity contribution is 6.01. The summed E-state index contributed by atoms with van der Waals surface area (Å²) >= 11 is 0. The average Bonchev–Trinajstić information content (AvgIpc) is 2.38. The highest BCUT2D eigenvalue weighted by Gasteiger charge is 2.17. The summed E-state index contributed by atoms with van der Waals surface area (Å²) in [6.45, 7) is 3.29. The second-order valence-electron chi connectivity index (χ2n) is 4.24. The van der Waals surface area contributed by atoms with Crippen LogP contribution in [0.5, 0.6) is 0 Å². The van der Waals surface area contributed by atoms with Crippen LogP contribution in [0.2, 0.25) is 0 Å². The fourth-order valence-electron chi connectivity index (χ4n) is 2.01. The highest BCUT2D eigenvalue weighted by atomic mass is 16.2. The number of nitrogens with two attached hydrogens (primary N) is 1. The largest absolute Gasteiger partial charge is 0.350 e. The zero-order valence-corrected chi connectivity index (χ0v) is 10.5. The number of nitrogens with one attached hydrogen (secondary N) is 1. The Morgan fingerprint density at radius 2 is 2.28 bits per heavy atom. The van der Waals surface area contributed by atoms with Gasteiger partial charge in [-0.1, -0.05) is 31.2 Å². The third-order valence-electron chi connectivity index (χ3n) is 2.88. The molecule has 1 aliphatic rings. The molecule has 0 fully saturated rings. The molecule has 0 atom stereocenters. The van der Waals surface area contributed by atoms with E-state index in [1.807, 2.05) is 25.1 Å². The third-order valence-corrected chi connectivity index (χ3v) is 2.88. The number of hydrogen-bond donors (Lipinski definition) is 2. The first kappa shape index (κ1) is 12.4. The molecule has 5 nitrogen and oxygen atoms in total. The van der Waals surface area contributed by atoms with Gasteiger partial charge < -0.3 is 5.73 Å². The van der Waals surface area contributed by atoms with Crippen molar-refractivity contribution in [2.45, 2.75) is 19.8 Å². The van der Waals surface area contributed by atoms with Crippen LogP contribution in [0.15, 0.2) is 29.3 Å². The van der Waals surface area contributed by atoms with E-state index in [1.54, 1.807) is 0 Å². The molecule has 0 bridgehead atoms. The van der Waals surface area contributed by atoms with E-state index in [2.05, 4.69) is 16.5 Å². The molecular weight excluding hydrogens is 228 g/mol. The SMILES string of the molecule is CCCN(NC1=NCCc2ccccc21)C(N)=O. The number of nitrogens with zero attached hydrogens (tertiary/aromatic N) is 2. The summed E-state index contributed by atoms with van der Waals surface area (Å²) in [5.74, 6) is 0.726. The first-order valence-corrected chi connectivity index (χ1v) is 6.18. The lowest BCUT2D eigenvalue weighted by Gasteiger charge is -2.25. The van der Waals surface area contributed by atoms with Crippen LogP contribution in [-0.2, 0) is 6.42 Å². The van der Waals surface area contributed by atoms with E-state index in [0.29, 0.717) is 6.54 Å². The second-order valence-corrected chi connectivity index (χ2v) is 4.24. The summed E-state index contributed by atoms with van der Waals surface area (Å²) in [5.41, 5.74) is 10.6. The molecule has 2 amide bonds. The number of fused-ring (bicyclic) bond motifs is 1. The summed E-state index contributed by atoms with van der Waals surface area (Å²) < 4.78 is 0. The van der Waals surface area contributed by atoms with Crippen molar-refractivity contribution in [3.8, 4) is 0 Å². The number of aliphatic imine (C=N–C) groups is 1. The maximum Gasteiger partial charge on any atom is 0.333 e. The van der Waals surface area contributed by atoms with Gasteiger partial charge in [0.25, 0.3) is 0 Å². The van der Waals surface area contributed by atoms with E-state index >= 15 is 0 Å². The van der Waals surface area contributed by atoms with Crippen molar-refractivity contribution in [3.05, 3.63) is 35.4 Å². The number of benzene rings is 1. The van der Waals surface area contributed by atoms with E-state index in [-0.39, 0.29) is 0 Å². The lowest BCUT2D eigenvalue weighted by molar-refractivity contribution is 0.196. The maximum atomic E-state index is 11.3. The summed E-state index contributed by atoms with van der Waals surface area (Å²) in [7, 11) is 0. The van der Waals surface area contributed by atoms with Crippen LogP contribution in [0.4, 0.5) is 4.79 Å². The number of primary amides is 1. The predicted molar refractivity (Wildman–Crippen MR) is 71.3 cm³/mol. The number of hydrogen-bond acceptors (Lipinski definition) is 3. The molecule has 3 N–H and O–H groups in total. The third kappa shape index (κ3) is 2.61. The monoisotopic (exact) mass is 246 g/mol. The van der Waals surface area contributed by atoms with E-state index in [1.165, 1.54) is 10.6 Å². The molecule has 0 unspecified atom stereocenters. The summed E-state index contributed by atoms with van der Waals surface area (Å²) in [6.07, 6.45) is 1.77. The Morgan fingerprint density at radius 3 is 3.00 bits per heavy atom. The van der Waals surface area contributed by atoms with Crippen LogP contribution >= 0.6 is 0 Å². The second kappa shape index (κ2) is 5.53. The number of amidine groups is 1. The molecular formula is C13H18N4O. The standard InChI is InChI=1S/C13H18N4O/c1-2-9-17(13(14)18)16-12-11-6-4-3-5-10(11)7-8-15-12/h3-6H,2,7-9H2,1H3,(H2,14,18)(H,15,16). The van der Waals surface area contributed by atoms with Gasteiger partial charge in [0.1, 0.15) is 5.84 Å². The van der Waals surface area contributed by atoms with Crippen LogP contribution in [0, 0.1) is 0 Å². The van der Waals surface area contributed by atoms with Crippen molar-refractivity contribution in [3.63, 3.8) is 0 Å². The Kier molecular flexibility index (Phi) is 3.82. The quantitative estimate of drug-likeness (QED) is 0.772. The van der Waals surface area contributed by atoms with Gasteiger partial charge in [-0.15, -0.1) is 0 Å². The Balaban J connectivity index is 2.18. The van der Waals surface area contributed by atoms with Crippen molar-refractivity contribution in [2.75, 3.05) is 13.1 Å². The number of rotatable bonds is 2. The number of urea groups is 1. The Hall–Kier alpha value is -2.04. The van der Waals surface area contributed by atoms with Crippen LogP contribution < -0.4 is 11.2 Å². The smallest absolute Gasteiger partial charge is 0.333 e. The number of carbonyl (C=O) groups is 1. The van der Waals surface area contributed by atoms with Gasteiger partial charge in [-0.25, -0.2) is 9.80 Å². The van der Waals surface area contributed by atoms with Gasteiger partial charge in [0.15, 0.2) is 0 Å². The van der Waals surface area contributed by atoms with Crippen molar-refractivity contribution >= 4 is 11.9 Å². The summed E-state index contributed by atoms with van der Waals surface area (Å²) in [4.78, 5) is 15.7. The fraction of sp³-hybridized carbons (Fsp3) is 0.385. The van der Waals surface area contributed by atoms with Gasteiger partial charge in [-0.2, -0.15) is 0 Å². The van der Waals surface area contributed by atoms with Crippen LogP contribution in [0.25, 0.3) is 0 Å². The van der Waals surface area contributed by atoms with Crippen molar-refractivity contribution < 1.29 is 4.79 Å². The van der Waals surface area contributed by atoms with Gasteiger partial charge in [-0.05, 0) is 18.4 Å². The van der Waals surface area contributed by atoms with Gasteiger partial charge in [0.05, 0.1) is 0 Å². The Bertz CT molecular complexity index is 470. The van der Waals surface area contributed by atoms with E-state index < -0.39 is 6.03 Å². The molecule has 0 radical (unpaired) electrons. The first-order chi connectivity index (χ1) is 8.72. The molecule has 0 saturated carbocycles. The van der Waals surface area contributed by atoms with Crippen LogP contribution in [-0.4, -0.2) is 30.0 Å². The van der Waals surface area contributed by atoms with Gasteiger partial charge in [0, 0.05) is 18.7 Å². The van der Waals surface area contributed by atoms with Gasteiger partial charge in [-0.3, -0.25) is 10.4 Å². The van der Waals surface area contributed by atoms with Gasteiger partial charge in [0.2, 0.25) is 0 Å². The molecule has 0 aromatic heterocycles. The minimum atomic E-state index is -0.484. The molecule has 0 spiro atoms. The van der Waals surface area contributed by atoms with Crippen LogP contribution in [0.1, 0.15) is 24.5 Å². The van der Waals surface area contributed by atoms with Crippen molar-refractivity contribution in [2.24, 2.45) is 10.7 Å². The fourth-order valence-corrected chi connectivity index (χ4v) is 2.01. The summed E-state index contributed by atoms with van der Waals surface area (Å²) in [6, 6.07) is 7.59. The average molecular weight is 246 g/mol. The van der Waals surface area contributed by atoms with Crippen molar-refractivity contribution in [1.29, 1.82) is 0 Å². The molecule has 2 rings (SSSR count). The molecule has 96 valence electrons. The lowest BCUT2D eigenvalue weighted by atomic mass is 10.0.